The third-order valence-electron chi connectivity index (χ3n) is 3.22. The third kappa shape index (κ3) is 4.12. The van der Waals surface area contributed by atoms with Crippen LogP contribution in [0.1, 0.15) is 0 Å². The second-order valence-corrected chi connectivity index (χ2v) is 6.73. The molecule has 0 saturated heterocycles. The molecule has 1 heterocycles. The van der Waals surface area contributed by atoms with Crippen LogP contribution in [0.5, 0.6) is 11.6 Å². The maximum absolute atomic E-state index is 11.9. The summed E-state index contributed by atoms with van der Waals surface area (Å²) in [6, 6.07) is 10.0. The smallest absolute Gasteiger partial charge is 0.302 e. The first-order chi connectivity index (χ1) is 11.9. The Bertz CT molecular complexity index is 988. The van der Waals surface area contributed by atoms with E-state index in [1.165, 1.54) is 6.07 Å². The minimum atomic E-state index is -0.639. The van der Waals surface area contributed by atoms with E-state index in [-0.39, 0.29) is 23.9 Å². The van der Waals surface area contributed by atoms with Crippen molar-refractivity contribution in [1.29, 1.82) is 0 Å². The number of halogens is 3. The Balaban J connectivity index is 1.74. The highest BCUT2D eigenvalue weighted by molar-refractivity contribution is 9.10. The quantitative estimate of drug-likeness (QED) is 0.513. The second-order valence-electron chi connectivity index (χ2n) is 4.97. The van der Waals surface area contributed by atoms with Gasteiger partial charge >= 0.3 is 5.91 Å². The zero-order valence-corrected chi connectivity index (χ0v) is 15.6. The summed E-state index contributed by atoms with van der Waals surface area (Å²) in [5, 5.41) is 18.7. The zero-order valence-electron chi connectivity index (χ0n) is 12.5. The van der Waals surface area contributed by atoms with Gasteiger partial charge in [0.05, 0.1) is 10.5 Å². The number of amides is 1. The van der Waals surface area contributed by atoms with Gasteiger partial charge in [0.2, 0.25) is 5.88 Å². The van der Waals surface area contributed by atoms with Crippen molar-refractivity contribution in [3.63, 3.8) is 0 Å². The van der Waals surface area contributed by atoms with Crippen molar-refractivity contribution in [1.82, 2.24) is 4.98 Å². The number of ether oxygens (including phenoxy) is 1. The fourth-order valence-corrected chi connectivity index (χ4v) is 2.79. The molecule has 0 saturated carbocycles. The minimum absolute atomic E-state index is 0.172. The van der Waals surface area contributed by atoms with Gasteiger partial charge in [0.25, 0.3) is 0 Å². The van der Waals surface area contributed by atoms with Crippen molar-refractivity contribution in [2.75, 3.05) is 6.61 Å². The molecule has 0 radical (unpaired) electrons. The SMILES string of the molecule is O=C(COc1cc(Cl)ccc1Cl)N=Nc1c(O)[nH]c2ccc(Br)cc12. The largest absolute Gasteiger partial charge is 0.493 e. The number of nitrogens with one attached hydrogen (secondary N) is 1. The first kappa shape index (κ1) is 17.7. The summed E-state index contributed by atoms with van der Waals surface area (Å²) in [4.78, 5) is 14.6. The van der Waals surface area contributed by atoms with E-state index in [2.05, 4.69) is 31.1 Å². The summed E-state index contributed by atoms with van der Waals surface area (Å²) >= 11 is 15.1. The number of rotatable bonds is 4. The van der Waals surface area contributed by atoms with E-state index in [0.717, 1.165) is 4.47 Å². The Morgan fingerprint density at radius 3 is 2.84 bits per heavy atom. The Hall–Kier alpha value is -2.09. The van der Waals surface area contributed by atoms with Crippen molar-refractivity contribution >= 4 is 61.6 Å². The van der Waals surface area contributed by atoms with Crippen LogP contribution in [0.3, 0.4) is 0 Å². The van der Waals surface area contributed by atoms with Gasteiger partial charge in [-0.05, 0) is 30.3 Å². The van der Waals surface area contributed by atoms with Gasteiger partial charge in [-0.2, -0.15) is 0 Å². The summed E-state index contributed by atoms with van der Waals surface area (Å²) < 4.78 is 6.09. The highest BCUT2D eigenvalue weighted by Crippen LogP contribution is 2.36. The van der Waals surface area contributed by atoms with Gasteiger partial charge in [-0.15, -0.1) is 10.2 Å². The molecule has 0 bridgehead atoms. The summed E-state index contributed by atoms with van der Waals surface area (Å²) in [6.07, 6.45) is 0. The summed E-state index contributed by atoms with van der Waals surface area (Å²) in [5.41, 5.74) is 0.842. The number of carbonyl (C=O) groups is 1. The van der Waals surface area contributed by atoms with E-state index in [0.29, 0.717) is 20.9 Å². The highest BCUT2D eigenvalue weighted by Gasteiger charge is 2.12. The average molecular weight is 443 g/mol. The second kappa shape index (κ2) is 7.43. The highest BCUT2D eigenvalue weighted by atomic mass is 79.9. The van der Waals surface area contributed by atoms with Gasteiger partial charge < -0.3 is 14.8 Å². The number of H-pyrrole nitrogens is 1. The van der Waals surface area contributed by atoms with Gasteiger partial charge in [-0.1, -0.05) is 39.1 Å². The molecule has 6 nitrogen and oxygen atoms in total. The molecule has 0 atom stereocenters. The molecule has 3 aromatic rings. The molecule has 128 valence electrons. The summed E-state index contributed by atoms with van der Waals surface area (Å²) in [6.45, 7) is -0.365. The molecule has 0 spiro atoms. The molecule has 9 heteroatoms. The lowest BCUT2D eigenvalue weighted by atomic mass is 10.2. The molecule has 25 heavy (non-hydrogen) atoms. The maximum Gasteiger partial charge on any atom is 0.302 e. The molecule has 1 aromatic heterocycles. The molecular formula is C16H10BrCl2N3O3. The molecule has 2 N–H and O–H groups in total. The summed E-state index contributed by atoms with van der Waals surface area (Å²) in [7, 11) is 0. The predicted octanol–water partition coefficient (Wildman–Crippen LogP) is 5.63. The van der Waals surface area contributed by atoms with Gasteiger partial charge in [0.1, 0.15) is 5.75 Å². The van der Waals surface area contributed by atoms with E-state index in [1.54, 1.807) is 24.3 Å². The lowest BCUT2D eigenvalue weighted by Gasteiger charge is -2.05. The van der Waals surface area contributed by atoms with Crippen molar-refractivity contribution < 1.29 is 14.6 Å². The maximum atomic E-state index is 11.9. The normalized spacial score (nSPS) is 11.3. The average Bonchev–Trinajstić information content (AvgIpc) is 2.88. The molecule has 0 fully saturated rings. The first-order valence-corrected chi connectivity index (χ1v) is 8.51. The van der Waals surface area contributed by atoms with Crippen molar-refractivity contribution in [2.45, 2.75) is 0 Å². The first-order valence-electron chi connectivity index (χ1n) is 6.96. The Labute approximate surface area is 160 Å². The van der Waals surface area contributed by atoms with Crippen LogP contribution in [0.25, 0.3) is 10.9 Å². The number of hydrogen-bond acceptors (Lipinski definition) is 4. The number of aromatic amines is 1. The van der Waals surface area contributed by atoms with Crippen LogP contribution >= 0.6 is 39.1 Å². The fraction of sp³-hybridized carbons (Fsp3) is 0.0625. The van der Waals surface area contributed by atoms with Crippen LogP contribution in [-0.4, -0.2) is 22.6 Å². The molecule has 3 rings (SSSR count). The summed E-state index contributed by atoms with van der Waals surface area (Å²) in [5.74, 6) is -0.542. The molecule has 2 aromatic carbocycles. The number of aromatic hydroxyl groups is 1. The lowest BCUT2D eigenvalue weighted by Crippen LogP contribution is -2.08. The van der Waals surface area contributed by atoms with Crippen LogP contribution in [0.15, 0.2) is 51.1 Å². The Morgan fingerprint density at radius 2 is 2.04 bits per heavy atom. The Kier molecular flexibility index (Phi) is 5.27. The zero-order chi connectivity index (χ0) is 18.0. The molecular weight excluding hydrogens is 433 g/mol. The van der Waals surface area contributed by atoms with Gasteiger partial charge in [0.15, 0.2) is 12.3 Å². The molecule has 0 aliphatic heterocycles. The number of benzene rings is 2. The van der Waals surface area contributed by atoms with E-state index in [1.807, 2.05) is 6.07 Å². The van der Waals surface area contributed by atoms with Crippen molar-refractivity contribution in [3.8, 4) is 11.6 Å². The number of fused-ring (bicyclic) bond motifs is 1. The molecule has 0 unspecified atom stereocenters. The van der Waals surface area contributed by atoms with Crippen molar-refractivity contribution in [3.05, 3.63) is 50.9 Å². The van der Waals surface area contributed by atoms with Crippen LogP contribution in [-0.2, 0) is 4.79 Å². The van der Waals surface area contributed by atoms with Crippen LogP contribution in [0.4, 0.5) is 5.69 Å². The van der Waals surface area contributed by atoms with Gasteiger partial charge in [-0.3, -0.25) is 4.79 Å². The fourth-order valence-electron chi connectivity index (χ4n) is 2.10. The topological polar surface area (TPSA) is 87.0 Å². The standard InChI is InChI=1S/C16H10BrCl2N3O3/c17-8-1-4-12-10(5-8)15(16(24)20-12)22-21-14(23)7-25-13-6-9(18)2-3-11(13)19/h1-6,20,24H,7H2. The van der Waals surface area contributed by atoms with E-state index in [9.17, 15) is 9.90 Å². The van der Waals surface area contributed by atoms with E-state index >= 15 is 0 Å². The minimum Gasteiger partial charge on any atom is -0.493 e. The van der Waals surface area contributed by atoms with Crippen LogP contribution < -0.4 is 4.74 Å². The Morgan fingerprint density at radius 1 is 1.24 bits per heavy atom. The molecule has 0 aliphatic carbocycles. The van der Waals surface area contributed by atoms with Gasteiger partial charge in [0, 0.05) is 20.9 Å². The monoisotopic (exact) mass is 441 g/mol. The lowest BCUT2D eigenvalue weighted by molar-refractivity contribution is -0.120. The number of nitrogens with zero attached hydrogens (tertiary/aromatic N) is 2. The molecule has 0 aliphatic rings. The van der Waals surface area contributed by atoms with Crippen molar-refractivity contribution in [2.24, 2.45) is 10.2 Å². The number of azo groups is 1. The third-order valence-corrected chi connectivity index (χ3v) is 4.26. The number of aromatic nitrogens is 1. The molecule has 1 amide bonds. The number of carbonyl (C=O) groups excluding carboxylic acids is 1. The van der Waals surface area contributed by atoms with E-state index < -0.39 is 5.91 Å². The number of hydrogen-bond donors (Lipinski definition) is 2. The van der Waals surface area contributed by atoms with Crippen LogP contribution in [0.2, 0.25) is 10.0 Å². The van der Waals surface area contributed by atoms with Gasteiger partial charge in [-0.25, -0.2) is 0 Å². The van der Waals surface area contributed by atoms with Crippen LogP contribution in [0, 0.1) is 0 Å². The van der Waals surface area contributed by atoms with E-state index in [4.69, 9.17) is 27.9 Å². The predicted molar refractivity (Wildman–Crippen MR) is 99.1 cm³/mol.